The van der Waals surface area contributed by atoms with Gasteiger partial charge in [-0.1, -0.05) is 78.9 Å². The minimum Gasteiger partial charge on any atom is -0.489 e. The van der Waals surface area contributed by atoms with E-state index in [1.165, 1.54) is 0 Å². The van der Waals surface area contributed by atoms with Gasteiger partial charge in [-0.25, -0.2) is 10.1 Å². The maximum atomic E-state index is 12.8. The zero-order valence-corrected chi connectivity index (χ0v) is 23.6. The van der Waals surface area contributed by atoms with E-state index in [1.54, 1.807) is 17.8 Å². The molecule has 0 unspecified atom stereocenters. The van der Waals surface area contributed by atoms with Gasteiger partial charge in [0.05, 0.1) is 11.9 Å². The fraction of sp³-hybridized carbons (Fsp3) is 0.0833. The number of carbonyl (C=O) groups is 1. The average molecular weight is 567 g/mol. The number of rotatable bonds is 10. The molecule has 5 aromatic carbocycles. The molecule has 0 saturated heterocycles. The van der Waals surface area contributed by atoms with Gasteiger partial charge in [-0.3, -0.25) is 4.79 Å². The molecule has 6 rings (SSSR count). The van der Waals surface area contributed by atoms with Crippen molar-refractivity contribution >= 4 is 22.9 Å². The van der Waals surface area contributed by atoms with Gasteiger partial charge in [0, 0.05) is 17.3 Å². The van der Waals surface area contributed by atoms with Crippen LogP contribution in [0.4, 0.5) is 0 Å². The molecule has 1 aromatic heterocycles. The molecule has 212 valence electrons. The summed E-state index contributed by atoms with van der Waals surface area (Å²) in [4.78, 5) is 12.8. The molecular formula is C36H30N4O3. The summed E-state index contributed by atoms with van der Waals surface area (Å²) in [5.41, 5.74) is 6.97. The summed E-state index contributed by atoms with van der Waals surface area (Å²) >= 11 is 0. The third-order valence-corrected chi connectivity index (χ3v) is 6.92. The number of hydrogen-bond donors (Lipinski definition) is 1. The molecule has 0 saturated carbocycles. The van der Waals surface area contributed by atoms with Gasteiger partial charge in [0.2, 0.25) is 0 Å². The van der Waals surface area contributed by atoms with Crippen LogP contribution in [0, 0.1) is 0 Å². The van der Waals surface area contributed by atoms with Crippen molar-refractivity contribution in [2.45, 2.75) is 19.6 Å². The molecular weight excluding hydrogens is 536 g/mol. The standard InChI is InChI=1S/C36H30N4O3/c1-26(43-34-21-16-28-12-8-9-13-30(28)22-34)36(41)38-37-23-31-24-40(32-14-6-3-7-15-32)39-35(31)29-17-19-33(20-18-29)42-25-27-10-4-2-5-11-27/h2-24,26H,25H2,1H3,(H,38,41)/b37-23-/t26-/m0/s1. The zero-order chi connectivity index (χ0) is 29.4. The van der Waals surface area contributed by atoms with E-state index in [-0.39, 0.29) is 5.91 Å². The number of hydrogen-bond acceptors (Lipinski definition) is 5. The predicted molar refractivity (Wildman–Crippen MR) is 170 cm³/mol. The molecule has 0 radical (unpaired) electrons. The molecule has 7 heteroatoms. The van der Waals surface area contributed by atoms with Gasteiger partial charge < -0.3 is 9.47 Å². The zero-order valence-electron chi connectivity index (χ0n) is 23.6. The van der Waals surface area contributed by atoms with Crippen molar-refractivity contribution in [3.05, 3.63) is 145 Å². The molecule has 0 spiro atoms. The number of aromatic nitrogens is 2. The molecule has 0 aliphatic rings. The van der Waals surface area contributed by atoms with Gasteiger partial charge in [-0.15, -0.1) is 0 Å². The van der Waals surface area contributed by atoms with E-state index in [2.05, 4.69) is 10.5 Å². The monoisotopic (exact) mass is 566 g/mol. The highest BCUT2D eigenvalue weighted by atomic mass is 16.5. The topological polar surface area (TPSA) is 77.7 Å². The molecule has 43 heavy (non-hydrogen) atoms. The van der Waals surface area contributed by atoms with Crippen LogP contribution in [0.25, 0.3) is 27.7 Å². The van der Waals surface area contributed by atoms with Crippen LogP contribution in [-0.4, -0.2) is 28.0 Å². The molecule has 1 atom stereocenters. The van der Waals surface area contributed by atoms with Crippen LogP contribution >= 0.6 is 0 Å². The summed E-state index contributed by atoms with van der Waals surface area (Å²) in [5.74, 6) is 1.02. The highest BCUT2D eigenvalue weighted by Gasteiger charge is 2.15. The Morgan fingerprint density at radius 2 is 1.51 bits per heavy atom. The normalized spacial score (nSPS) is 11.8. The number of nitrogens with one attached hydrogen (secondary N) is 1. The first-order valence-electron chi connectivity index (χ1n) is 14.0. The number of carbonyl (C=O) groups excluding carboxylic acids is 1. The van der Waals surface area contributed by atoms with E-state index >= 15 is 0 Å². The third kappa shape index (κ3) is 6.80. The smallest absolute Gasteiger partial charge is 0.280 e. The quantitative estimate of drug-likeness (QED) is 0.141. The Hall–Kier alpha value is -5.69. The lowest BCUT2D eigenvalue weighted by atomic mass is 10.1. The van der Waals surface area contributed by atoms with Gasteiger partial charge in [0.1, 0.15) is 23.8 Å². The maximum Gasteiger partial charge on any atom is 0.280 e. The van der Waals surface area contributed by atoms with Crippen LogP contribution in [0.15, 0.2) is 139 Å². The SMILES string of the molecule is C[C@H](Oc1ccc2ccccc2c1)C(=O)N/N=C\c1cn(-c2ccccc2)nc1-c1ccc(OCc2ccccc2)cc1. The van der Waals surface area contributed by atoms with E-state index < -0.39 is 6.10 Å². The van der Waals surface area contributed by atoms with Crippen LogP contribution < -0.4 is 14.9 Å². The van der Waals surface area contributed by atoms with Crippen LogP contribution in [0.2, 0.25) is 0 Å². The Morgan fingerprint density at radius 1 is 0.837 bits per heavy atom. The second-order valence-electron chi connectivity index (χ2n) is 10.0. The number of para-hydroxylation sites is 1. The van der Waals surface area contributed by atoms with Crippen molar-refractivity contribution in [2.24, 2.45) is 5.10 Å². The second-order valence-corrected chi connectivity index (χ2v) is 10.0. The van der Waals surface area contributed by atoms with Gasteiger partial charge in [-0.2, -0.15) is 10.2 Å². The molecule has 1 amide bonds. The minimum atomic E-state index is -0.742. The number of benzene rings is 5. The fourth-order valence-electron chi connectivity index (χ4n) is 4.62. The largest absolute Gasteiger partial charge is 0.489 e. The van der Waals surface area contributed by atoms with Crippen LogP contribution in [-0.2, 0) is 11.4 Å². The van der Waals surface area contributed by atoms with Crippen molar-refractivity contribution < 1.29 is 14.3 Å². The average Bonchev–Trinajstić information content (AvgIpc) is 3.49. The first-order valence-corrected chi connectivity index (χ1v) is 14.0. The van der Waals surface area contributed by atoms with Gasteiger partial charge in [-0.05, 0) is 71.8 Å². The van der Waals surface area contributed by atoms with Gasteiger partial charge in [0.15, 0.2) is 6.10 Å². The Labute approximate surface area is 250 Å². The number of fused-ring (bicyclic) bond motifs is 1. The molecule has 0 aliphatic carbocycles. The van der Waals surface area contributed by atoms with E-state index in [0.717, 1.165) is 44.6 Å². The summed E-state index contributed by atoms with van der Waals surface area (Å²) in [6, 6.07) is 41.4. The number of hydrazone groups is 1. The highest BCUT2D eigenvalue weighted by Crippen LogP contribution is 2.26. The molecule has 1 N–H and O–H groups in total. The van der Waals surface area contributed by atoms with E-state index in [9.17, 15) is 4.79 Å². The molecule has 6 aromatic rings. The highest BCUT2D eigenvalue weighted by molar-refractivity contribution is 5.90. The van der Waals surface area contributed by atoms with Crippen molar-refractivity contribution in [1.82, 2.24) is 15.2 Å². The van der Waals surface area contributed by atoms with Crippen molar-refractivity contribution in [3.63, 3.8) is 0 Å². The van der Waals surface area contributed by atoms with Gasteiger partial charge in [0.25, 0.3) is 5.91 Å². The second kappa shape index (κ2) is 12.9. The van der Waals surface area contributed by atoms with Crippen LogP contribution in [0.5, 0.6) is 11.5 Å². The van der Waals surface area contributed by atoms with E-state index in [1.807, 2.05) is 134 Å². The predicted octanol–water partition coefficient (Wildman–Crippen LogP) is 7.19. The summed E-state index contributed by atoms with van der Waals surface area (Å²) in [6.07, 6.45) is 2.74. The Kier molecular flexibility index (Phi) is 8.22. The number of nitrogens with zero attached hydrogens (tertiary/aromatic N) is 3. The summed E-state index contributed by atoms with van der Waals surface area (Å²) in [5, 5.41) is 11.2. The van der Waals surface area contributed by atoms with Crippen molar-refractivity contribution in [1.29, 1.82) is 0 Å². The first-order chi connectivity index (χ1) is 21.1. The van der Waals surface area contributed by atoms with E-state index in [4.69, 9.17) is 14.6 Å². The minimum absolute atomic E-state index is 0.360. The third-order valence-electron chi connectivity index (χ3n) is 6.92. The molecule has 0 bridgehead atoms. The summed E-state index contributed by atoms with van der Waals surface area (Å²) in [7, 11) is 0. The fourth-order valence-corrected chi connectivity index (χ4v) is 4.62. The lowest BCUT2D eigenvalue weighted by molar-refractivity contribution is -0.127. The maximum absolute atomic E-state index is 12.8. The lowest BCUT2D eigenvalue weighted by Gasteiger charge is -2.13. The van der Waals surface area contributed by atoms with Crippen LogP contribution in [0.3, 0.4) is 0 Å². The Balaban J connectivity index is 1.16. The number of amides is 1. The van der Waals surface area contributed by atoms with Crippen LogP contribution in [0.1, 0.15) is 18.1 Å². The van der Waals surface area contributed by atoms with Crippen molar-refractivity contribution in [3.8, 4) is 28.4 Å². The Morgan fingerprint density at radius 3 is 2.28 bits per heavy atom. The van der Waals surface area contributed by atoms with Crippen molar-refractivity contribution in [2.75, 3.05) is 0 Å². The van der Waals surface area contributed by atoms with E-state index in [0.29, 0.717) is 12.4 Å². The number of ether oxygens (including phenoxy) is 2. The lowest BCUT2D eigenvalue weighted by Crippen LogP contribution is -2.33. The molecule has 0 fully saturated rings. The Bertz CT molecular complexity index is 1850. The molecule has 0 aliphatic heterocycles. The molecule has 1 heterocycles. The first kappa shape index (κ1) is 27.5. The summed E-state index contributed by atoms with van der Waals surface area (Å²) in [6.45, 7) is 2.18. The van der Waals surface area contributed by atoms with Gasteiger partial charge >= 0.3 is 0 Å². The molecule has 7 nitrogen and oxygen atoms in total. The summed E-state index contributed by atoms with van der Waals surface area (Å²) < 4.78 is 13.6.